The molecule has 0 spiro atoms. The van der Waals surface area contributed by atoms with Gasteiger partial charge in [-0.3, -0.25) is 4.79 Å². The van der Waals surface area contributed by atoms with Gasteiger partial charge in [0.15, 0.2) is 0 Å². The second-order valence-electron chi connectivity index (χ2n) is 6.81. The maximum atomic E-state index is 13.9. The summed E-state index contributed by atoms with van der Waals surface area (Å²) in [5.74, 6) is 0.446. The fraction of sp³-hybridized carbons (Fsp3) is 0.381. The molecular formula is C21H25ClFNO2. The number of carbonyl (C=O) groups excluding carboxylic acids is 1. The summed E-state index contributed by atoms with van der Waals surface area (Å²) in [5, 5.41) is 3.27. The van der Waals surface area contributed by atoms with E-state index in [1.165, 1.54) is 12.1 Å². The van der Waals surface area contributed by atoms with E-state index in [1.807, 2.05) is 19.9 Å². The van der Waals surface area contributed by atoms with Crippen LogP contribution in [0.1, 0.15) is 55.0 Å². The minimum Gasteiger partial charge on any atom is -0.496 e. The van der Waals surface area contributed by atoms with Crippen molar-refractivity contribution in [3.63, 3.8) is 0 Å². The predicted molar refractivity (Wildman–Crippen MR) is 103 cm³/mol. The third-order valence-corrected chi connectivity index (χ3v) is 4.69. The van der Waals surface area contributed by atoms with Crippen molar-refractivity contribution in [2.75, 3.05) is 7.11 Å². The van der Waals surface area contributed by atoms with Crippen molar-refractivity contribution in [2.45, 2.75) is 46.1 Å². The van der Waals surface area contributed by atoms with Crippen LogP contribution in [-0.2, 0) is 11.2 Å². The van der Waals surface area contributed by atoms with Crippen LogP contribution in [-0.4, -0.2) is 13.0 Å². The van der Waals surface area contributed by atoms with E-state index in [4.69, 9.17) is 16.3 Å². The van der Waals surface area contributed by atoms with E-state index in [-0.39, 0.29) is 18.4 Å². The molecule has 0 aliphatic heterocycles. The fourth-order valence-electron chi connectivity index (χ4n) is 3.02. The van der Waals surface area contributed by atoms with E-state index in [0.29, 0.717) is 16.5 Å². The van der Waals surface area contributed by atoms with Gasteiger partial charge in [-0.15, -0.1) is 0 Å². The Morgan fingerprint density at radius 3 is 2.46 bits per heavy atom. The molecule has 2 aromatic carbocycles. The smallest absolute Gasteiger partial charge is 0.225 e. The molecule has 0 fully saturated rings. The predicted octanol–water partition coefficient (Wildman–Crippen LogP) is 5.34. The molecule has 26 heavy (non-hydrogen) atoms. The molecule has 5 heteroatoms. The lowest BCUT2D eigenvalue weighted by Gasteiger charge is -2.21. The third kappa shape index (κ3) is 4.76. The van der Waals surface area contributed by atoms with Crippen LogP contribution in [0.25, 0.3) is 0 Å². The summed E-state index contributed by atoms with van der Waals surface area (Å²) in [6, 6.07) is 8.22. The van der Waals surface area contributed by atoms with Crippen LogP contribution in [0, 0.1) is 12.7 Å². The molecule has 0 bridgehead atoms. The van der Waals surface area contributed by atoms with Crippen LogP contribution < -0.4 is 10.1 Å². The summed E-state index contributed by atoms with van der Waals surface area (Å²) < 4.78 is 19.3. The Kier molecular flexibility index (Phi) is 6.65. The van der Waals surface area contributed by atoms with Crippen LogP contribution in [0.4, 0.5) is 4.39 Å². The van der Waals surface area contributed by atoms with Gasteiger partial charge in [-0.25, -0.2) is 4.39 Å². The quantitative estimate of drug-likeness (QED) is 0.737. The van der Waals surface area contributed by atoms with E-state index in [9.17, 15) is 9.18 Å². The average molecular weight is 378 g/mol. The highest BCUT2D eigenvalue weighted by atomic mass is 35.5. The SMILES string of the molecule is COc1cc(C)c(C(C)NC(=O)Cc2ccc(Cl)cc2F)cc1C(C)C. The number of carbonyl (C=O) groups is 1. The zero-order valence-electron chi connectivity index (χ0n) is 15.8. The van der Waals surface area contributed by atoms with Crippen molar-refractivity contribution in [3.8, 4) is 5.75 Å². The number of hydrogen-bond acceptors (Lipinski definition) is 2. The van der Waals surface area contributed by atoms with Crippen LogP contribution >= 0.6 is 11.6 Å². The van der Waals surface area contributed by atoms with E-state index in [0.717, 1.165) is 22.4 Å². The first-order chi connectivity index (χ1) is 12.2. The van der Waals surface area contributed by atoms with Crippen LogP contribution in [0.15, 0.2) is 30.3 Å². The lowest BCUT2D eigenvalue weighted by atomic mass is 9.93. The minimum atomic E-state index is -0.469. The Morgan fingerprint density at radius 2 is 1.88 bits per heavy atom. The topological polar surface area (TPSA) is 38.3 Å². The molecule has 0 radical (unpaired) electrons. The van der Waals surface area contributed by atoms with Gasteiger partial charge in [0.25, 0.3) is 0 Å². The molecular weight excluding hydrogens is 353 g/mol. The lowest BCUT2D eigenvalue weighted by Crippen LogP contribution is -2.29. The summed E-state index contributed by atoms with van der Waals surface area (Å²) in [6.45, 7) is 8.12. The second-order valence-corrected chi connectivity index (χ2v) is 7.24. The Morgan fingerprint density at radius 1 is 1.19 bits per heavy atom. The minimum absolute atomic E-state index is 0.0282. The number of nitrogens with one attached hydrogen (secondary N) is 1. The Hall–Kier alpha value is -2.07. The van der Waals surface area contributed by atoms with Gasteiger partial charge in [-0.1, -0.05) is 31.5 Å². The summed E-state index contributed by atoms with van der Waals surface area (Å²) in [7, 11) is 1.66. The first-order valence-corrected chi connectivity index (χ1v) is 9.02. The number of hydrogen-bond donors (Lipinski definition) is 1. The number of methoxy groups -OCH3 is 1. The Balaban J connectivity index is 2.17. The van der Waals surface area contributed by atoms with Gasteiger partial charge in [-0.05, 0) is 66.3 Å². The molecule has 0 heterocycles. The van der Waals surface area contributed by atoms with E-state index in [2.05, 4.69) is 25.2 Å². The third-order valence-electron chi connectivity index (χ3n) is 4.45. The van der Waals surface area contributed by atoms with Crippen molar-refractivity contribution in [1.82, 2.24) is 5.32 Å². The number of benzene rings is 2. The number of ether oxygens (including phenoxy) is 1. The van der Waals surface area contributed by atoms with Gasteiger partial charge in [-0.2, -0.15) is 0 Å². The van der Waals surface area contributed by atoms with Crippen molar-refractivity contribution in [1.29, 1.82) is 0 Å². The zero-order chi connectivity index (χ0) is 19.4. The fourth-order valence-corrected chi connectivity index (χ4v) is 3.18. The molecule has 0 aliphatic rings. The first kappa shape index (κ1) is 20.2. The zero-order valence-corrected chi connectivity index (χ0v) is 16.6. The highest BCUT2D eigenvalue weighted by Gasteiger charge is 2.17. The van der Waals surface area contributed by atoms with Gasteiger partial charge in [0, 0.05) is 5.02 Å². The van der Waals surface area contributed by atoms with Crippen molar-refractivity contribution in [3.05, 3.63) is 63.4 Å². The average Bonchev–Trinajstić information content (AvgIpc) is 2.56. The maximum absolute atomic E-state index is 13.9. The molecule has 1 amide bonds. The molecule has 1 N–H and O–H groups in total. The number of rotatable bonds is 6. The second kappa shape index (κ2) is 8.54. The van der Waals surface area contributed by atoms with E-state index in [1.54, 1.807) is 13.2 Å². The molecule has 2 rings (SSSR count). The molecule has 0 aliphatic carbocycles. The van der Waals surface area contributed by atoms with Crippen LogP contribution in [0.5, 0.6) is 5.75 Å². The molecule has 1 atom stereocenters. The largest absolute Gasteiger partial charge is 0.496 e. The van der Waals surface area contributed by atoms with Gasteiger partial charge in [0.05, 0.1) is 19.6 Å². The van der Waals surface area contributed by atoms with Crippen molar-refractivity contribution in [2.24, 2.45) is 0 Å². The first-order valence-electron chi connectivity index (χ1n) is 8.64. The molecule has 140 valence electrons. The Bertz CT molecular complexity index is 805. The lowest BCUT2D eigenvalue weighted by molar-refractivity contribution is -0.121. The summed E-state index contributed by atoms with van der Waals surface area (Å²) in [4.78, 5) is 12.4. The van der Waals surface area contributed by atoms with Gasteiger partial charge >= 0.3 is 0 Å². The van der Waals surface area contributed by atoms with Gasteiger partial charge in [0.2, 0.25) is 5.91 Å². The van der Waals surface area contributed by atoms with Crippen molar-refractivity contribution < 1.29 is 13.9 Å². The maximum Gasteiger partial charge on any atom is 0.225 e. The normalized spacial score (nSPS) is 12.2. The molecule has 1 unspecified atom stereocenters. The monoisotopic (exact) mass is 377 g/mol. The molecule has 0 aromatic heterocycles. The standard InChI is InChI=1S/C21H25ClFNO2/c1-12(2)17-11-18(13(3)8-20(17)26-5)14(4)24-21(25)9-15-6-7-16(22)10-19(15)23/h6-8,10-12,14H,9H2,1-5H3,(H,24,25). The molecule has 2 aromatic rings. The van der Waals surface area contributed by atoms with Crippen molar-refractivity contribution >= 4 is 17.5 Å². The highest BCUT2D eigenvalue weighted by molar-refractivity contribution is 6.30. The molecule has 0 saturated carbocycles. The van der Waals surface area contributed by atoms with E-state index < -0.39 is 5.82 Å². The summed E-state index contributed by atoms with van der Waals surface area (Å²) in [6.07, 6.45) is -0.0282. The molecule has 0 saturated heterocycles. The summed E-state index contributed by atoms with van der Waals surface area (Å²) in [5.41, 5.74) is 3.49. The van der Waals surface area contributed by atoms with Gasteiger partial charge < -0.3 is 10.1 Å². The van der Waals surface area contributed by atoms with Crippen LogP contribution in [0.2, 0.25) is 5.02 Å². The number of halogens is 2. The number of aryl methyl sites for hydroxylation is 1. The van der Waals surface area contributed by atoms with Gasteiger partial charge in [0.1, 0.15) is 11.6 Å². The Labute approximate surface area is 159 Å². The number of amides is 1. The molecule has 3 nitrogen and oxygen atoms in total. The highest BCUT2D eigenvalue weighted by Crippen LogP contribution is 2.32. The summed E-state index contributed by atoms with van der Waals surface area (Å²) >= 11 is 5.75. The van der Waals surface area contributed by atoms with E-state index >= 15 is 0 Å². The van der Waals surface area contributed by atoms with Crippen LogP contribution in [0.3, 0.4) is 0 Å².